The molecule has 5 heteroatoms. The van der Waals surface area contributed by atoms with E-state index in [4.69, 9.17) is 4.74 Å². The monoisotopic (exact) mass is 339 g/mol. The van der Waals surface area contributed by atoms with Crippen molar-refractivity contribution in [1.82, 2.24) is 5.43 Å². The van der Waals surface area contributed by atoms with E-state index >= 15 is 0 Å². The lowest BCUT2D eigenvalue weighted by atomic mass is 10.2. The van der Waals surface area contributed by atoms with E-state index in [1.165, 1.54) is 5.69 Å². The number of aryl methyl sites for hydroxylation is 1. The van der Waals surface area contributed by atoms with E-state index in [1.54, 1.807) is 6.21 Å². The Hall–Kier alpha value is -2.82. The first-order chi connectivity index (χ1) is 12.1. The third-order valence-corrected chi connectivity index (χ3v) is 3.82. The van der Waals surface area contributed by atoms with Crippen LogP contribution in [0.5, 0.6) is 5.75 Å². The zero-order chi connectivity index (χ0) is 18.1. The van der Waals surface area contributed by atoms with Crippen LogP contribution in [0.2, 0.25) is 0 Å². The zero-order valence-corrected chi connectivity index (χ0v) is 15.0. The molecule has 0 aromatic heterocycles. The van der Waals surface area contributed by atoms with Crippen LogP contribution in [-0.4, -0.2) is 31.8 Å². The average molecular weight is 339 g/mol. The Morgan fingerprint density at radius 3 is 2.32 bits per heavy atom. The summed E-state index contributed by atoms with van der Waals surface area (Å²) in [4.78, 5) is 14.0. The van der Waals surface area contributed by atoms with E-state index in [2.05, 4.69) is 41.4 Å². The number of nitrogens with one attached hydrogen (secondary N) is 1. The molecule has 0 spiro atoms. The minimum Gasteiger partial charge on any atom is -0.484 e. The highest BCUT2D eigenvalue weighted by Gasteiger charge is 2.02. The number of nitrogens with zero attached hydrogens (tertiary/aromatic N) is 2. The summed E-state index contributed by atoms with van der Waals surface area (Å²) in [6.07, 6.45) is 1.62. The standard InChI is InChI=1S/C20H25N3O2/c1-4-23(5-2)18-10-8-17(9-11-18)14-21-22-20(24)15-25-19-12-6-16(3)7-13-19/h6-14H,4-5,15H2,1-3H3,(H,22,24)/b21-14+. The van der Waals surface area contributed by atoms with Gasteiger partial charge < -0.3 is 9.64 Å². The molecule has 132 valence electrons. The van der Waals surface area contributed by atoms with Crippen LogP contribution >= 0.6 is 0 Å². The molecule has 2 rings (SSSR count). The number of hydrogen-bond acceptors (Lipinski definition) is 4. The third kappa shape index (κ3) is 5.95. The van der Waals surface area contributed by atoms with Crippen molar-refractivity contribution in [3.05, 3.63) is 59.7 Å². The highest BCUT2D eigenvalue weighted by molar-refractivity contribution is 5.83. The molecule has 0 heterocycles. The lowest BCUT2D eigenvalue weighted by Crippen LogP contribution is -2.24. The number of hydrazone groups is 1. The predicted octanol–water partition coefficient (Wildman–Crippen LogP) is 3.37. The van der Waals surface area contributed by atoms with Gasteiger partial charge in [-0.2, -0.15) is 5.10 Å². The van der Waals surface area contributed by atoms with Gasteiger partial charge in [0.05, 0.1) is 6.21 Å². The van der Waals surface area contributed by atoms with E-state index in [0.29, 0.717) is 5.75 Å². The predicted molar refractivity (Wildman–Crippen MR) is 102 cm³/mol. The summed E-state index contributed by atoms with van der Waals surface area (Å²) in [5.41, 5.74) is 5.72. The van der Waals surface area contributed by atoms with E-state index < -0.39 is 0 Å². The fraction of sp³-hybridized carbons (Fsp3) is 0.300. The molecule has 0 fully saturated rings. The molecule has 0 aliphatic heterocycles. The number of rotatable bonds is 8. The molecule has 2 aromatic rings. The Balaban J connectivity index is 1.79. The van der Waals surface area contributed by atoms with Gasteiger partial charge >= 0.3 is 0 Å². The first-order valence-electron chi connectivity index (χ1n) is 8.48. The first-order valence-corrected chi connectivity index (χ1v) is 8.48. The van der Waals surface area contributed by atoms with Gasteiger partial charge in [-0.05, 0) is 50.6 Å². The van der Waals surface area contributed by atoms with E-state index in [9.17, 15) is 4.79 Å². The highest BCUT2D eigenvalue weighted by atomic mass is 16.5. The van der Waals surface area contributed by atoms with Crippen molar-refractivity contribution < 1.29 is 9.53 Å². The number of carbonyl (C=O) groups excluding carboxylic acids is 1. The molecule has 5 nitrogen and oxygen atoms in total. The van der Waals surface area contributed by atoms with Crippen LogP contribution < -0.4 is 15.1 Å². The number of anilines is 1. The van der Waals surface area contributed by atoms with E-state index in [0.717, 1.165) is 24.2 Å². The first kappa shape index (κ1) is 18.5. The summed E-state index contributed by atoms with van der Waals surface area (Å²) in [5, 5.41) is 3.96. The molecule has 1 N–H and O–H groups in total. The molecule has 0 unspecified atom stereocenters. The highest BCUT2D eigenvalue weighted by Crippen LogP contribution is 2.14. The molecule has 0 bridgehead atoms. The second kappa shape index (κ2) is 9.47. The summed E-state index contributed by atoms with van der Waals surface area (Å²) in [5.74, 6) is 0.369. The molecular weight excluding hydrogens is 314 g/mol. The van der Waals surface area contributed by atoms with Gasteiger partial charge in [-0.3, -0.25) is 4.79 Å². The van der Waals surface area contributed by atoms with Gasteiger partial charge in [-0.1, -0.05) is 29.8 Å². The summed E-state index contributed by atoms with van der Waals surface area (Å²) >= 11 is 0. The zero-order valence-electron chi connectivity index (χ0n) is 15.0. The number of ether oxygens (including phenoxy) is 1. The second-order valence-corrected chi connectivity index (χ2v) is 5.66. The van der Waals surface area contributed by atoms with Crippen molar-refractivity contribution in [3.63, 3.8) is 0 Å². The normalized spacial score (nSPS) is 10.7. The summed E-state index contributed by atoms with van der Waals surface area (Å²) in [6, 6.07) is 15.6. The lowest BCUT2D eigenvalue weighted by Gasteiger charge is -2.20. The molecule has 2 aromatic carbocycles. The summed E-state index contributed by atoms with van der Waals surface area (Å²) in [7, 11) is 0. The van der Waals surface area contributed by atoms with Crippen LogP contribution in [0.15, 0.2) is 53.6 Å². The molecule has 1 amide bonds. The van der Waals surface area contributed by atoms with Crippen molar-refractivity contribution in [3.8, 4) is 5.75 Å². The van der Waals surface area contributed by atoms with Gasteiger partial charge in [0.1, 0.15) is 5.75 Å². The van der Waals surface area contributed by atoms with Gasteiger partial charge in [0.25, 0.3) is 5.91 Å². The fourth-order valence-electron chi connectivity index (χ4n) is 2.35. The SMILES string of the molecule is CCN(CC)c1ccc(/C=N/NC(=O)COc2ccc(C)cc2)cc1. The number of amides is 1. The Morgan fingerprint density at radius 2 is 1.72 bits per heavy atom. The number of hydrogen-bond donors (Lipinski definition) is 1. The maximum Gasteiger partial charge on any atom is 0.277 e. The van der Waals surface area contributed by atoms with Gasteiger partial charge in [0, 0.05) is 18.8 Å². The smallest absolute Gasteiger partial charge is 0.277 e. The van der Waals surface area contributed by atoms with Crippen molar-refractivity contribution in [2.24, 2.45) is 5.10 Å². The van der Waals surface area contributed by atoms with Crippen molar-refractivity contribution in [2.75, 3.05) is 24.6 Å². The minimum absolute atomic E-state index is 0.0682. The van der Waals surface area contributed by atoms with Crippen molar-refractivity contribution >= 4 is 17.8 Å². The average Bonchev–Trinajstić information content (AvgIpc) is 2.63. The van der Waals surface area contributed by atoms with Gasteiger partial charge in [0.15, 0.2) is 6.61 Å². The van der Waals surface area contributed by atoms with Crippen LogP contribution in [-0.2, 0) is 4.79 Å². The van der Waals surface area contributed by atoms with E-state index in [-0.39, 0.29) is 12.5 Å². The molecule has 25 heavy (non-hydrogen) atoms. The Bertz CT molecular complexity index is 690. The Labute approximate surface area is 149 Å². The molecule has 0 aliphatic carbocycles. The quantitative estimate of drug-likeness (QED) is 0.593. The maximum atomic E-state index is 11.7. The van der Waals surface area contributed by atoms with Crippen LogP contribution in [0.3, 0.4) is 0 Å². The third-order valence-electron chi connectivity index (χ3n) is 3.82. The van der Waals surface area contributed by atoms with Gasteiger partial charge in [-0.25, -0.2) is 5.43 Å². The molecule has 0 saturated carbocycles. The second-order valence-electron chi connectivity index (χ2n) is 5.66. The van der Waals surface area contributed by atoms with Crippen LogP contribution in [0.25, 0.3) is 0 Å². The van der Waals surface area contributed by atoms with Crippen molar-refractivity contribution in [2.45, 2.75) is 20.8 Å². The van der Waals surface area contributed by atoms with Crippen LogP contribution in [0, 0.1) is 6.92 Å². The number of benzene rings is 2. The summed E-state index contributed by atoms with van der Waals surface area (Å²) in [6.45, 7) is 8.14. The molecule has 0 aliphatic rings. The van der Waals surface area contributed by atoms with Crippen molar-refractivity contribution in [1.29, 1.82) is 0 Å². The van der Waals surface area contributed by atoms with Crippen LogP contribution in [0.4, 0.5) is 5.69 Å². The van der Waals surface area contributed by atoms with Crippen LogP contribution in [0.1, 0.15) is 25.0 Å². The molecule has 0 radical (unpaired) electrons. The minimum atomic E-state index is -0.295. The Kier molecular flexibility index (Phi) is 7.01. The molecule has 0 saturated heterocycles. The fourth-order valence-corrected chi connectivity index (χ4v) is 2.35. The van der Waals surface area contributed by atoms with E-state index in [1.807, 2.05) is 43.3 Å². The Morgan fingerprint density at radius 1 is 1.08 bits per heavy atom. The molecular formula is C20H25N3O2. The lowest BCUT2D eigenvalue weighted by molar-refractivity contribution is -0.123. The topological polar surface area (TPSA) is 53.9 Å². The molecule has 0 atom stereocenters. The largest absolute Gasteiger partial charge is 0.484 e. The van der Waals surface area contributed by atoms with Gasteiger partial charge in [-0.15, -0.1) is 0 Å². The van der Waals surface area contributed by atoms with Gasteiger partial charge in [0.2, 0.25) is 0 Å². The number of carbonyl (C=O) groups is 1. The maximum absolute atomic E-state index is 11.7. The summed E-state index contributed by atoms with van der Waals surface area (Å²) < 4.78 is 5.40.